The molecule has 0 saturated carbocycles. The van der Waals surface area contributed by atoms with Crippen LogP contribution >= 0.6 is 0 Å². The predicted octanol–water partition coefficient (Wildman–Crippen LogP) is -12.3. The van der Waals surface area contributed by atoms with Gasteiger partial charge in [-0.25, -0.2) is 0 Å². The zero-order valence-corrected chi connectivity index (χ0v) is 15.9. The first-order valence-electron chi connectivity index (χ1n) is 0. The maximum absolute atomic E-state index is 0. The molecule has 8 heteroatoms. The molecule has 0 unspecified atom stereocenters. The van der Waals surface area contributed by atoms with Crippen LogP contribution in [0.3, 0.4) is 0 Å². The van der Waals surface area contributed by atoms with Crippen LogP contribution in [-0.4, -0.2) is 21.9 Å². The average Bonchev–Trinajstić information content (AvgIpc) is 0. The van der Waals surface area contributed by atoms with Gasteiger partial charge in [0.1, 0.15) is 0 Å². The molecule has 0 aliphatic rings. The summed E-state index contributed by atoms with van der Waals surface area (Å²) >= 11 is 0. The second-order valence-corrected chi connectivity index (χ2v) is 0. The molecule has 0 amide bonds. The topological polar surface area (TPSA) is 126 Å². The van der Waals surface area contributed by atoms with Gasteiger partial charge in [0.05, 0.1) is 0 Å². The summed E-state index contributed by atoms with van der Waals surface area (Å²) in [5.74, 6) is 0. The van der Waals surface area contributed by atoms with Gasteiger partial charge in [-0.15, -0.1) is 0 Å². The van der Waals surface area contributed by atoms with Gasteiger partial charge >= 0.3 is 154 Å². The Hall–Kier alpha value is 5.27. The van der Waals surface area contributed by atoms with Crippen molar-refractivity contribution in [3.63, 3.8) is 0 Å². The monoisotopic (exact) mass is 244 g/mol. The van der Waals surface area contributed by atoms with E-state index >= 15 is 0 Å². The van der Waals surface area contributed by atoms with Gasteiger partial charge < -0.3 is 21.9 Å². The fourth-order valence-electron chi connectivity index (χ4n) is 0. The molecule has 0 bridgehead atoms. The molecule has 0 rings (SSSR count). The third-order valence-electron chi connectivity index (χ3n) is 0. The molecular weight excluding hydrogens is 236 g/mol. The van der Waals surface area contributed by atoms with Crippen molar-refractivity contribution in [3.05, 3.63) is 0 Å². The molecule has 1 radical (unpaired) electrons. The fraction of sp³-hybridized carbons (Fsp3) is 0. The van der Waals surface area contributed by atoms with Gasteiger partial charge in [-0.3, -0.25) is 0 Å². The van der Waals surface area contributed by atoms with Crippen LogP contribution in [0, 0.1) is 0 Å². The molecule has 0 atom stereocenters. The van der Waals surface area contributed by atoms with Crippen molar-refractivity contribution in [1.82, 2.24) is 0 Å². The first-order valence-corrected chi connectivity index (χ1v) is 0. The van der Waals surface area contributed by atoms with Crippen LogP contribution in [-0.2, 0) is 17.1 Å². The first-order chi connectivity index (χ1) is 0. The van der Waals surface area contributed by atoms with Crippen molar-refractivity contribution in [2.24, 2.45) is 0 Å². The second kappa shape index (κ2) is 56.1. The SMILES string of the molecule is O.O.O.O.[K+].[K+].[K+].[Mn]. The Morgan fingerprint density at radius 2 is 0.375 bits per heavy atom. The van der Waals surface area contributed by atoms with Crippen LogP contribution in [0.2, 0.25) is 0 Å². The summed E-state index contributed by atoms with van der Waals surface area (Å²) in [6.45, 7) is 0. The van der Waals surface area contributed by atoms with E-state index in [2.05, 4.69) is 0 Å². The Morgan fingerprint density at radius 3 is 0.375 bits per heavy atom. The van der Waals surface area contributed by atoms with Crippen molar-refractivity contribution >= 4 is 0 Å². The molecule has 0 spiro atoms. The summed E-state index contributed by atoms with van der Waals surface area (Å²) in [5.41, 5.74) is 0. The summed E-state index contributed by atoms with van der Waals surface area (Å²) in [5, 5.41) is 0. The molecule has 0 saturated heterocycles. The summed E-state index contributed by atoms with van der Waals surface area (Å²) in [7, 11) is 0. The van der Waals surface area contributed by atoms with Gasteiger partial charge in [-0.2, -0.15) is 0 Å². The molecule has 0 aliphatic carbocycles. The molecular formula is H8K3MnO4+3. The van der Waals surface area contributed by atoms with E-state index in [0.717, 1.165) is 0 Å². The summed E-state index contributed by atoms with van der Waals surface area (Å²) < 4.78 is 0. The summed E-state index contributed by atoms with van der Waals surface area (Å²) in [6.07, 6.45) is 0. The quantitative estimate of drug-likeness (QED) is 0.375. The molecule has 39 valence electrons. The minimum atomic E-state index is 0. The molecule has 0 aromatic heterocycles. The Labute approximate surface area is 187 Å². The Kier molecular flexibility index (Phi) is 505. The van der Waals surface area contributed by atoms with Crippen molar-refractivity contribution < 1.29 is 193 Å². The Bertz CT molecular complexity index is 11.2. The number of hydrogen-bond acceptors (Lipinski definition) is 0. The molecule has 0 aromatic rings. The van der Waals surface area contributed by atoms with Crippen molar-refractivity contribution in [3.8, 4) is 0 Å². The van der Waals surface area contributed by atoms with E-state index in [0.29, 0.717) is 0 Å². The standard InChI is InChI=1S/3K.Mn.4H2O/h;;;;4*1H2/q3*+1;;;;;. The van der Waals surface area contributed by atoms with Crippen molar-refractivity contribution in [2.45, 2.75) is 0 Å². The van der Waals surface area contributed by atoms with E-state index in [9.17, 15) is 0 Å². The van der Waals surface area contributed by atoms with Crippen LogP contribution in [0.25, 0.3) is 0 Å². The van der Waals surface area contributed by atoms with E-state index in [1.54, 1.807) is 0 Å². The van der Waals surface area contributed by atoms with Crippen molar-refractivity contribution in [2.75, 3.05) is 0 Å². The molecule has 0 aromatic carbocycles. The van der Waals surface area contributed by atoms with Crippen LogP contribution in [0.5, 0.6) is 0 Å². The van der Waals surface area contributed by atoms with E-state index in [-0.39, 0.29) is 193 Å². The smallest absolute Gasteiger partial charge is 0.412 e. The molecule has 0 fully saturated rings. The van der Waals surface area contributed by atoms with Gasteiger partial charge in [-0.1, -0.05) is 0 Å². The Morgan fingerprint density at radius 1 is 0.375 bits per heavy atom. The maximum Gasteiger partial charge on any atom is 1.00 e. The van der Waals surface area contributed by atoms with Gasteiger partial charge in [0, 0.05) is 17.1 Å². The average molecular weight is 244 g/mol. The normalized spacial score (nSPS) is 0. The van der Waals surface area contributed by atoms with Crippen LogP contribution < -0.4 is 154 Å². The van der Waals surface area contributed by atoms with Gasteiger partial charge in [0.2, 0.25) is 0 Å². The third-order valence-corrected chi connectivity index (χ3v) is 0. The Balaban J connectivity index is 0. The van der Waals surface area contributed by atoms with Crippen LogP contribution in [0.15, 0.2) is 0 Å². The van der Waals surface area contributed by atoms with E-state index in [4.69, 9.17) is 0 Å². The van der Waals surface area contributed by atoms with Gasteiger partial charge in [-0.05, 0) is 0 Å². The van der Waals surface area contributed by atoms with Crippen LogP contribution in [0.4, 0.5) is 0 Å². The minimum Gasteiger partial charge on any atom is -0.412 e. The van der Waals surface area contributed by atoms with E-state index in [1.807, 2.05) is 0 Å². The second-order valence-electron chi connectivity index (χ2n) is 0. The van der Waals surface area contributed by atoms with E-state index < -0.39 is 0 Å². The molecule has 8 N–H and O–H groups in total. The van der Waals surface area contributed by atoms with Crippen molar-refractivity contribution in [1.29, 1.82) is 0 Å². The molecule has 0 heterocycles. The number of hydrogen-bond donors (Lipinski definition) is 0. The minimum absolute atomic E-state index is 0. The third kappa shape index (κ3) is 42.8. The zero-order chi connectivity index (χ0) is 0. The summed E-state index contributed by atoms with van der Waals surface area (Å²) in [4.78, 5) is 0. The number of rotatable bonds is 0. The fourth-order valence-corrected chi connectivity index (χ4v) is 0. The molecule has 4 nitrogen and oxygen atoms in total. The van der Waals surface area contributed by atoms with Gasteiger partial charge in [0.25, 0.3) is 0 Å². The largest absolute Gasteiger partial charge is 1.00 e. The zero-order valence-electron chi connectivity index (χ0n) is 5.38. The maximum atomic E-state index is 0. The summed E-state index contributed by atoms with van der Waals surface area (Å²) in [6, 6.07) is 0. The molecule has 0 aliphatic heterocycles. The predicted molar refractivity (Wildman–Crippen MR) is 14.5 cm³/mol. The van der Waals surface area contributed by atoms with Crippen LogP contribution in [0.1, 0.15) is 0 Å². The van der Waals surface area contributed by atoms with E-state index in [1.165, 1.54) is 0 Å². The molecule has 8 heavy (non-hydrogen) atoms. The van der Waals surface area contributed by atoms with Gasteiger partial charge in [0.15, 0.2) is 0 Å². The first kappa shape index (κ1) is 71.9.